The van der Waals surface area contributed by atoms with Crippen LogP contribution in [0, 0.1) is 28.6 Å². The van der Waals surface area contributed by atoms with Crippen molar-refractivity contribution in [1.82, 2.24) is 0 Å². The molecule has 3 unspecified atom stereocenters. The maximum atomic E-state index is 14.1. The van der Waals surface area contributed by atoms with Gasteiger partial charge in [0.25, 0.3) is 0 Å². The second-order valence-electron chi connectivity index (χ2n) is 10.6. The van der Waals surface area contributed by atoms with Crippen LogP contribution < -0.4 is 0 Å². The summed E-state index contributed by atoms with van der Waals surface area (Å²) >= 11 is 0. The maximum Gasteiger partial charge on any atom is 0.306 e. The molecule has 2 saturated carbocycles. The predicted octanol–water partition coefficient (Wildman–Crippen LogP) is 1.28. The van der Waals surface area contributed by atoms with Crippen LogP contribution in [0.15, 0.2) is 23.3 Å². The monoisotopic (exact) mass is 434 g/mol. The van der Waals surface area contributed by atoms with E-state index in [1.54, 1.807) is 19.1 Å². The standard InChI is InChI=1S/C24H34O7/c1-6-7-16(26)31-23-10-13(3)22-9-12(2)18(27)24(22,30)19(28)14(11-25)8-15(20(22)29)17(23)21(23,4)5/h8-9,13,15,17-19,25,27-28,30H,6-7,10-11H2,1-5H3/t13?,15?,17-,18-,19+,22?,23-,24+/m0/s1. The van der Waals surface area contributed by atoms with Gasteiger partial charge in [-0.3, -0.25) is 9.59 Å². The molecule has 0 amide bonds. The van der Waals surface area contributed by atoms with Gasteiger partial charge in [-0.15, -0.1) is 0 Å². The molecule has 4 aliphatic carbocycles. The highest BCUT2D eigenvalue weighted by molar-refractivity contribution is 5.95. The van der Waals surface area contributed by atoms with Crippen LogP contribution >= 0.6 is 0 Å². The largest absolute Gasteiger partial charge is 0.458 e. The number of fused-ring (bicyclic) bond motifs is 3. The summed E-state index contributed by atoms with van der Waals surface area (Å²) in [6, 6.07) is 0. The van der Waals surface area contributed by atoms with Crippen LogP contribution in [0.25, 0.3) is 0 Å². The fourth-order valence-corrected chi connectivity index (χ4v) is 7.19. The average molecular weight is 435 g/mol. The molecule has 172 valence electrons. The summed E-state index contributed by atoms with van der Waals surface area (Å²) in [5.41, 5.74) is -4.62. The quantitative estimate of drug-likeness (QED) is 0.388. The summed E-state index contributed by atoms with van der Waals surface area (Å²) in [4.78, 5) is 26.7. The third-order valence-electron chi connectivity index (χ3n) is 8.80. The highest BCUT2D eigenvalue weighted by atomic mass is 16.6. The first-order valence-electron chi connectivity index (χ1n) is 11.2. The Kier molecular flexibility index (Phi) is 4.92. The smallest absolute Gasteiger partial charge is 0.306 e. The van der Waals surface area contributed by atoms with Gasteiger partial charge in [0.2, 0.25) is 0 Å². The second-order valence-corrected chi connectivity index (χ2v) is 10.6. The van der Waals surface area contributed by atoms with Crippen molar-refractivity contribution in [1.29, 1.82) is 0 Å². The van der Waals surface area contributed by atoms with Gasteiger partial charge in [-0.1, -0.05) is 39.8 Å². The SMILES string of the molecule is CCCC(=O)O[C@@]12CC(C)C34C=C(C)[C@H](O)[C@@]3(O)[C@H](O)C(CO)=CC(C4=O)[C@H]1C2(C)C. The molecule has 0 aliphatic heterocycles. The van der Waals surface area contributed by atoms with Crippen LogP contribution in [0.5, 0.6) is 0 Å². The van der Waals surface area contributed by atoms with E-state index in [1.807, 2.05) is 27.7 Å². The van der Waals surface area contributed by atoms with Crippen LogP contribution in [-0.4, -0.2) is 62.2 Å². The van der Waals surface area contributed by atoms with E-state index in [9.17, 15) is 30.0 Å². The first kappa shape index (κ1) is 22.6. The van der Waals surface area contributed by atoms with Gasteiger partial charge >= 0.3 is 5.97 Å². The highest BCUT2D eigenvalue weighted by Gasteiger charge is 2.83. The van der Waals surface area contributed by atoms with Crippen molar-refractivity contribution in [2.75, 3.05) is 6.61 Å². The van der Waals surface area contributed by atoms with E-state index in [4.69, 9.17) is 4.74 Å². The van der Waals surface area contributed by atoms with Gasteiger partial charge < -0.3 is 25.2 Å². The van der Waals surface area contributed by atoms with Crippen LogP contribution in [-0.2, 0) is 14.3 Å². The van der Waals surface area contributed by atoms with Gasteiger partial charge in [-0.2, -0.15) is 0 Å². The van der Waals surface area contributed by atoms with Crippen molar-refractivity contribution in [2.45, 2.75) is 77.3 Å². The van der Waals surface area contributed by atoms with Gasteiger partial charge in [-0.25, -0.2) is 0 Å². The first-order valence-corrected chi connectivity index (χ1v) is 11.2. The van der Waals surface area contributed by atoms with Crippen molar-refractivity contribution < 1.29 is 34.8 Å². The zero-order valence-electron chi connectivity index (χ0n) is 18.9. The van der Waals surface area contributed by atoms with E-state index in [2.05, 4.69) is 0 Å². The lowest BCUT2D eigenvalue weighted by molar-refractivity contribution is -0.191. The number of carbonyl (C=O) groups is 2. The molecule has 0 aromatic rings. The molecule has 4 aliphatic rings. The molecule has 0 radical (unpaired) electrons. The molecule has 8 atom stereocenters. The van der Waals surface area contributed by atoms with Crippen molar-refractivity contribution in [3.05, 3.63) is 23.3 Å². The molecule has 31 heavy (non-hydrogen) atoms. The maximum absolute atomic E-state index is 14.1. The molecular formula is C24H34O7. The molecule has 0 saturated heterocycles. The highest BCUT2D eigenvalue weighted by Crippen LogP contribution is 2.75. The Morgan fingerprint density at radius 2 is 1.90 bits per heavy atom. The lowest BCUT2D eigenvalue weighted by atomic mass is 9.59. The third kappa shape index (κ3) is 2.44. The van der Waals surface area contributed by atoms with Gasteiger partial charge in [-0.05, 0) is 36.8 Å². The minimum atomic E-state index is -2.20. The van der Waals surface area contributed by atoms with Crippen LogP contribution in [0.2, 0.25) is 0 Å². The molecule has 7 nitrogen and oxygen atoms in total. The number of hydrogen-bond donors (Lipinski definition) is 4. The second kappa shape index (κ2) is 6.73. The predicted molar refractivity (Wildman–Crippen MR) is 112 cm³/mol. The molecule has 0 heterocycles. The van der Waals surface area contributed by atoms with Gasteiger partial charge in [0.1, 0.15) is 23.4 Å². The van der Waals surface area contributed by atoms with E-state index >= 15 is 0 Å². The van der Waals surface area contributed by atoms with Crippen molar-refractivity contribution >= 4 is 11.8 Å². The number of esters is 1. The number of ether oxygens (including phenoxy) is 1. The fraction of sp³-hybridized carbons (Fsp3) is 0.750. The molecule has 0 aromatic carbocycles. The van der Waals surface area contributed by atoms with Crippen LogP contribution in [0.4, 0.5) is 0 Å². The topological polar surface area (TPSA) is 124 Å². The Hall–Kier alpha value is -1.54. The number of rotatable bonds is 4. The van der Waals surface area contributed by atoms with Crippen molar-refractivity contribution in [3.63, 3.8) is 0 Å². The Labute approximate surface area is 182 Å². The molecule has 0 aromatic heterocycles. The van der Waals surface area contributed by atoms with Gasteiger partial charge in [0, 0.05) is 23.7 Å². The lowest BCUT2D eigenvalue weighted by Crippen LogP contribution is -2.65. The summed E-state index contributed by atoms with van der Waals surface area (Å²) in [5, 5.41) is 43.9. The van der Waals surface area contributed by atoms with E-state index in [1.165, 1.54) is 0 Å². The van der Waals surface area contributed by atoms with E-state index in [0.717, 1.165) is 0 Å². The summed E-state index contributed by atoms with van der Waals surface area (Å²) < 4.78 is 6.07. The molecule has 1 spiro atoms. The normalized spacial score (nSPS) is 47.4. The zero-order valence-corrected chi connectivity index (χ0v) is 18.9. The summed E-state index contributed by atoms with van der Waals surface area (Å²) in [6.07, 6.45) is 1.35. The van der Waals surface area contributed by atoms with Gasteiger partial charge in [0.05, 0.1) is 12.0 Å². The summed E-state index contributed by atoms with van der Waals surface area (Å²) in [6.45, 7) is 8.72. The van der Waals surface area contributed by atoms with E-state index in [-0.39, 0.29) is 29.7 Å². The molecule has 4 N–H and O–H groups in total. The lowest BCUT2D eigenvalue weighted by Gasteiger charge is -2.48. The van der Waals surface area contributed by atoms with Crippen molar-refractivity contribution in [3.8, 4) is 0 Å². The number of aliphatic hydroxyl groups excluding tert-OH is 3. The molecule has 2 fully saturated rings. The first-order chi connectivity index (χ1) is 14.4. The molecule has 4 rings (SSSR count). The van der Waals surface area contributed by atoms with E-state index < -0.39 is 52.7 Å². The summed E-state index contributed by atoms with van der Waals surface area (Å²) in [7, 11) is 0. The van der Waals surface area contributed by atoms with Crippen LogP contribution in [0.3, 0.4) is 0 Å². The number of aliphatic hydroxyl groups is 4. The zero-order chi connectivity index (χ0) is 23.1. The minimum Gasteiger partial charge on any atom is -0.458 e. The number of hydrogen-bond acceptors (Lipinski definition) is 7. The van der Waals surface area contributed by atoms with E-state index in [0.29, 0.717) is 18.4 Å². The number of carbonyl (C=O) groups excluding carboxylic acids is 2. The molecule has 7 heteroatoms. The number of allylic oxidation sites excluding steroid dienone is 1. The van der Waals surface area contributed by atoms with Crippen molar-refractivity contribution in [2.24, 2.45) is 28.6 Å². The number of Topliss-reactive ketones (excluding diaryl/α,β-unsaturated/α-hetero) is 1. The average Bonchev–Trinajstić information content (AvgIpc) is 3.10. The Bertz CT molecular complexity index is 888. The number of ketones is 1. The fourth-order valence-electron chi connectivity index (χ4n) is 7.19. The third-order valence-corrected chi connectivity index (χ3v) is 8.80. The summed E-state index contributed by atoms with van der Waals surface area (Å²) in [5.74, 6) is -2.26. The minimum absolute atomic E-state index is 0.107. The Morgan fingerprint density at radius 1 is 1.26 bits per heavy atom. The molecule has 2 bridgehead atoms. The Balaban J connectivity index is 1.94. The Morgan fingerprint density at radius 3 is 2.48 bits per heavy atom. The van der Waals surface area contributed by atoms with Gasteiger partial charge in [0.15, 0.2) is 5.78 Å². The van der Waals surface area contributed by atoms with Crippen LogP contribution in [0.1, 0.15) is 53.9 Å². The molecular weight excluding hydrogens is 400 g/mol.